The minimum absolute atomic E-state index is 0.151. The zero-order chi connectivity index (χ0) is 15.2. The van der Waals surface area contributed by atoms with Crippen LogP contribution < -0.4 is 10.5 Å². The van der Waals surface area contributed by atoms with E-state index < -0.39 is 0 Å². The number of anilines is 1. The van der Waals surface area contributed by atoms with Crippen molar-refractivity contribution in [3.05, 3.63) is 51.1 Å². The fraction of sp³-hybridized carbons (Fsp3) is 0.357. The second-order valence-corrected chi connectivity index (χ2v) is 5.51. The molecule has 0 unspecified atom stereocenters. The fourth-order valence-electron chi connectivity index (χ4n) is 1.76. The van der Waals surface area contributed by atoms with Crippen molar-refractivity contribution in [3.63, 3.8) is 0 Å². The van der Waals surface area contributed by atoms with E-state index in [-0.39, 0.29) is 5.56 Å². The summed E-state index contributed by atoms with van der Waals surface area (Å²) in [5, 5.41) is 4.20. The molecule has 0 aliphatic rings. The molecule has 2 rings (SSSR count). The number of nitrogens with zero attached hydrogens (tertiary/aromatic N) is 4. The highest BCUT2D eigenvalue weighted by Gasteiger charge is 2.06. The summed E-state index contributed by atoms with van der Waals surface area (Å²) in [6.45, 7) is 1.66. The highest BCUT2D eigenvalue weighted by atomic mass is 79.9. The van der Waals surface area contributed by atoms with Gasteiger partial charge in [-0.25, -0.2) is 4.68 Å². The molecule has 2 aromatic rings. The molecular weight excluding hydrogens is 336 g/mol. The Bertz CT molecular complexity index is 642. The number of methoxy groups -OCH3 is 1. The predicted octanol–water partition coefficient (Wildman–Crippen LogP) is 1.53. The van der Waals surface area contributed by atoms with Crippen LogP contribution in [-0.2, 0) is 11.3 Å². The molecule has 7 heteroatoms. The van der Waals surface area contributed by atoms with Crippen LogP contribution in [0.3, 0.4) is 0 Å². The first kappa shape index (κ1) is 15.7. The fourth-order valence-corrected chi connectivity index (χ4v) is 2.00. The van der Waals surface area contributed by atoms with E-state index in [1.54, 1.807) is 25.6 Å². The van der Waals surface area contributed by atoms with Crippen LogP contribution in [0.2, 0.25) is 0 Å². The van der Waals surface area contributed by atoms with Crippen LogP contribution in [0.25, 0.3) is 0 Å². The number of pyridine rings is 1. The minimum Gasteiger partial charge on any atom is -0.383 e. The van der Waals surface area contributed by atoms with Gasteiger partial charge in [-0.05, 0) is 28.1 Å². The SMILES string of the molecule is COCCN(C)c1cnn(Cc2ccc(Br)cn2)c(=O)c1. The Kier molecular flexibility index (Phi) is 5.46. The average molecular weight is 353 g/mol. The summed E-state index contributed by atoms with van der Waals surface area (Å²) in [4.78, 5) is 18.3. The topological polar surface area (TPSA) is 60.2 Å². The van der Waals surface area contributed by atoms with Crippen LogP contribution in [0.5, 0.6) is 0 Å². The number of ether oxygens (including phenoxy) is 1. The molecule has 0 aliphatic heterocycles. The number of hydrogen-bond acceptors (Lipinski definition) is 5. The summed E-state index contributed by atoms with van der Waals surface area (Å²) in [6, 6.07) is 5.32. The Morgan fingerprint density at radius 1 is 1.38 bits per heavy atom. The lowest BCUT2D eigenvalue weighted by Crippen LogP contribution is -2.28. The van der Waals surface area contributed by atoms with Crippen molar-refractivity contribution in [1.82, 2.24) is 14.8 Å². The molecule has 0 bridgehead atoms. The molecular formula is C14H17BrN4O2. The average Bonchev–Trinajstić information content (AvgIpc) is 2.49. The third-order valence-corrected chi connectivity index (χ3v) is 3.50. The molecule has 0 saturated heterocycles. The molecule has 0 radical (unpaired) electrons. The zero-order valence-corrected chi connectivity index (χ0v) is 13.6. The summed E-state index contributed by atoms with van der Waals surface area (Å²) in [5.41, 5.74) is 1.41. The smallest absolute Gasteiger partial charge is 0.269 e. The van der Waals surface area contributed by atoms with Gasteiger partial charge in [0.1, 0.15) is 0 Å². The largest absolute Gasteiger partial charge is 0.383 e. The zero-order valence-electron chi connectivity index (χ0n) is 12.0. The van der Waals surface area contributed by atoms with E-state index in [4.69, 9.17) is 4.74 Å². The lowest BCUT2D eigenvalue weighted by atomic mass is 10.3. The van der Waals surface area contributed by atoms with Gasteiger partial charge in [0.2, 0.25) is 0 Å². The molecule has 0 atom stereocenters. The number of rotatable bonds is 6. The quantitative estimate of drug-likeness (QED) is 0.788. The van der Waals surface area contributed by atoms with Gasteiger partial charge in [-0.1, -0.05) is 0 Å². The Balaban J connectivity index is 2.12. The van der Waals surface area contributed by atoms with Crippen molar-refractivity contribution in [2.24, 2.45) is 0 Å². The van der Waals surface area contributed by atoms with Crippen molar-refractivity contribution < 1.29 is 4.74 Å². The Labute approximate surface area is 131 Å². The van der Waals surface area contributed by atoms with E-state index >= 15 is 0 Å². The van der Waals surface area contributed by atoms with Crippen LogP contribution >= 0.6 is 15.9 Å². The molecule has 0 spiro atoms. The van der Waals surface area contributed by atoms with Gasteiger partial charge in [0, 0.05) is 37.4 Å². The third-order valence-electron chi connectivity index (χ3n) is 3.03. The van der Waals surface area contributed by atoms with Gasteiger partial charge in [0.15, 0.2) is 0 Å². The second-order valence-electron chi connectivity index (χ2n) is 4.59. The number of aromatic nitrogens is 3. The summed E-state index contributed by atoms with van der Waals surface area (Å²) in [6.07, 6.45) is 3.38. The molecule has 0 saturated carbocycles. The monoisotopic (exact) mass is 352 g/mol. The number of hydrogen-bond donors (Lipinski definition) is 0. The Morgan fingerprint density at radius 3 is 2.81 bits per heavy atom. The predicted molar refractivity (Wildman–Crippen MR) is 84.7 cm³/mol. The maximum Gasteiger partial charge on any atom is 0.269 e. The van der Waals surface area contributed by atoms with Crippen molar-refractivity contribution in [2.75, 3.05) is 32.2 Å². The van der Waals surface area contributed by atoms with Crippen molar-refractivity contribution in [1.29, 1.82) is 0 Å². The van der Waals surface area contributed by atoms with Gasteiger partial charge in [0.05, 0.1) is 30.7 Å². The Morgan fingerprint density at radius 2 is 2.19 bits per heavy atom. The van der Waals surface area contributed by atoms with Crippen LogP contribution in [-0.4, -0.2) is 42.1 Å². The van der Waals surface area contributed by atoms with E-state index in [1.807, 2.05) is 24.1 Å². The summed E-state index contributed by atoms with van der Waals surface area (Å²) < 4.78 is 7.32. The van der Waals surface area contributed by atoms with Gasteiger partial charge in [0.25, 0.3) is 5.56 Å². The van der Waals surface area contributed by atoms with E-state index in [9.17, 15) is 4.79 Å². The first-order chi connectivity index (χ1) is 10.1. The number of likely N-dealkylation sites (N-methyl/N-ethyl adjacent to an activating group) is 1. The molecule has 112 valence electrons. The minimum atomic E-state index is -0.151. The van der Waals surface area contributed by atoms with Crippen LogP contribution in [0, 0.1) is 0 Å². The van der Waals surface area contributed by atoms with E-state index in [2.05, 4.69) is 26.0 Å². The maximum atomic E-state index is 12.1. The van der Waals surface area contributed by atoms with Crippen LogP contribution in [0.15, 0.2) is 39.9 Å². The summed E-state index contributed by atoms with van der Waals surface area (Å²) >= 11 is 3.33. The standard InChI is InChI=1S/C14H17BrN4O2/c1-18(5-6-21-2)13-7-14(20)19(17-9-13)10-12-4-3-11(15)8-16-12/h3-4,7-9H,5-6,10H2,1-2H3. The van der Waals surface area contributed by atoms with Gasteiger partial charge in [-0.3, -0.25) is 9.78 Å². The van der Waals surface area contributed by atoms with E-state index in [1.165, 1.54) is 4.68 Å². The molecule has 21 heavy (non-hydrogen) atoms. The van der Waals surface area contributed by atoms with Crippen LogP contribution in [0.1, 0.15) is 5.69 Å². The van der Waals surface area contributed by atoms with Gasteiger partial charge in [-0.15, -0.1) is 0 Å². The third kappa shape index (κ3) is 4.37. The summed E-state index contributed by atoms with van der Waals surface area (Å²) in [5.74, 6) is 0. The van der Waals surface area contributed by atoms with E-state index in [0.29, 0.717) is 19.7 Å². The maximum absolute atomic E-state index is 12.1. The molecule has 0 aromatic carbocycles. The molecule has 6 nitrogen and oxygen atoms in total. The number of halogens is 1. The Hall–Kier alpha value is -1.73. The summed E-state index contributed by atoms with van der Waals surface area (Å²) in [7, 11) is 3.55. The van der Waals surface area contributed by atoms with Crippen molar-refractivity contribution >= 4 is 21.6 Å². The molecule has 2 aromatic heterocycles. The first-order valence-corrected chi connectivity index (χ1v) is 7.27. The molecule has 0 fully saturated rings. The van der Waals surface area contributed by atoms with Gasteiger partial charge >= 0.3 is 0 Å². The normalized spacial score (nSPS) is 10.6. The van der Waals surface area contributed by atoms with Gasteiger partial charge < -0.3 is 9.64 Å². The van der Waals surface area contributed by atoms with Gasteiger partial charge in [-0.2, -0.15) is 5.10 Å². The second kappa shape index (κ2) is 7.33. The lowest BCUT2D eigenvalue weighted by molar-refractivity contribution is 0.206. The van der Waals surface area contributed by atoms with Crippen LogP contribution in [0.4, 0.5) is 5.69 Å². The first-order valence-electron chi connectivity index (χ1n) is 6.48. The molecule has 2 heterocycles. The van der Waals surface area contributed by atoms with Crippen molar-refractivity contribution in [2.45, 2.75) is 6.54 Å². The highest BCUT2D eigenvalue weighted by Crippen LogP contribution is 2.09. The lowest BCUT2D eigenvalue weighted by Gasteiger charge is -2.18. The van der Waals surface area contributed by atoms with E-state index in [0.717, 1.165) is 15.9 Å². The van der Waals surface area contributed by atoms with Crippen molar-refractivity contribution in [3.8, 4) is 0 Å². The molecule has 0 amide bonds. The molecule has 0 aliphatic carbocycles. The highest BCUT2D eigenvalue weighted by molar-refractivity contribution is 9.10. The molecule has 0 N–H and O–H groups in total.